The lowest BCUT2D eigenvalue weighted by atomic mass is 10.1. The molecule has 11 heteroatoms. The van der Waals surface area contributed by atoms with Gasteiger partial charge in [-0.3, -0.25) is 0 Å². The van der Waals surface area contributed by atoms with E-state index in [1.807, 2.05) is 0 Å². The molecule has 8 nitrogen and oxygen atoms in total. The van der Waals surface area contributed by atoms with Crippen molar-refractivity contribution in [3.63, 3.8) is 0 Å². The molecule has 0 unspecified atom stereocenters. The van der Waals surface area contributed by atoms with Gasteiger partial charge in [0.15, 0.2) is 5.56 Å². The number of rotatable bonds is 3. The molecule has 2 N–H and O–H groups in total. The Morgan fingerprint density at radius 1 is 1.56 bits per heavy atom. The van der Waals surface area contributed by atoms with E-state index >= 15 is 0 Å². The third-order valence-electron chi connectivity index (χ3n) is 1.82. The highest BCUT2D eigenvalue weighted by Crippen LogP contribution is 2.29. The van der Waals surface area contributed by atoms with Gasteiger partial charge in [0, 0.05) is 11.6 Å². The largest absolute Gasteiger partial charge is 0.383 e. The number of nitrogens with two attached hydrogens (primary N) is 1. The predicted octanol–water partition coefficient (Wildman–Crippen LogP) is 0.446. The van der Waals surface area contributed by atoms with Gasteiger partial charge in [-0.1, -0.05) is 0 Å². The Labute approximate surface area is 98.9 Å². The first kappa shape index (κ1) is 13.9. The van der Waals surface area contributed by atoms with Crippen LogP contribution in [0, 0.1) is 21.4 Å². The SMILES string of the molecule is N#Cc1c(C(F)F)cc(S(N)(=O)=O)nc1[N+](=O)[O-]. The number of nitrogens with zero attached hydrogens (tertiary/aromatic N) is 3. The molecule has 1 rings (SSSR count). The Morgan fingerprint density at radius 3 is 2.44 bits per heavy atom. The van der Waals surface area contributed by atoms with Crippen LogP contribution >= 0.6 is 0 Å². The normalized spacial score (nSPS) is 11.3. The summed E-state index contributed by atoms with van der Waals surface area (Å²) >= 11 is 0. The number of hydrogen-bond acceptors (Lipinski definition) is 6. The van der Waals surface area contributed by atoms with E-state index in [0.29, 0.717) is 6.07 Å². The van der Waals surface area contributed by atoms with Crippen LogP contribution in [0.2, 0.25) is 0 Å². The average molecular weight is 278 g/mol. The summed E-state index contributed by atoms with van der Waals surface area (Å²) in [6, 6.07) is 1.52. The van der Waals surface area contributed by atoms with Crippen LogP contribution in [-0.2, 0) is 10.0 Å². The molecule has 1 aromatic heterocycles. The second-order valence-corrected chi connectivity index (χ2v) is 4.47. The Hall–Kier alpha value is -2.19. The lowest BCUT2D eigenvalue weighted by molar-refractivity contribution is -0.390. The maximum Gasteiger partial charge on any atom is 0.383 e. The fraction of sp³-hybridized carbons (Fsp3) is 0.143. The van der Waals surface area contributed by atoms with Gasteiger partial charge in [-0.25, -0.2) is 22.3 Å². The van der Waals surface area contributed by atoms with Gasteiger partial charge in [-0.15, -0.1) is 0 Å². The number of halogens is 2. The smallest absolute Gasteiger partial charge is 0.358 e. The summed E-state index contributed by atoms with van der Waals surface area (Å²) in [5, 5.41) is 22.7. The quantitative estimate of drug-likeness (QED) is 0.628. The van der Waals surface area contributed by atoms with Crippen LogP contribution in [-0.4, -0.2) is 18.3 Å². The second-order valence-electron chi connectivity index (χ2n) is 2.96. The van der Waals surface area contributed by atoms with Gasteiger partial charge in [0.2, 0.25) is 0 Å². The molecular weight excluding hydrogens is 274 g/mol. The van der Waals surface area contributed by atoms with Crippen molar-refractivity contribution >= 4 is 15.8 Å². The number of nitriles is 1. The van der Waals surface area contributed by atoms with E-state index in [1.54, 1.807) is 0 Å². The monoisotopic (exact) mass is 278 g/mol. The topological polar surface area (TPSA) is 140 Å². The number of sulfonamides is 1. The number of aromatic nitrogens is 1. The van der Waals surface area contributed by atoms with Crippen LogP contribution in [0.15, 0.2) is 11.1 Å². The Morgan fingerprint density at radius 2 is 2.11 bits per heavy atom. The van der Waals surface area contributed by atoms with E-state index in [1.165, 1.54) is 6.07 Å². The van der Waals surface area contributed by atoms with Crippen molar-refractivity contribution in [2.45, 2.75) is 11.5 Å². The molecule has 0 spiro atoms. The molecule has 1 heterocycles. The Bertz CT molecular complexity index is 652. The summed E-state index contributed by atoms with van der Waals surface area (Å²) in [7, 11) is -4.50. The first-order valence-electron chi connectivity index (χ1n) is 4.09. The molecular formula is C7H4F2N4O4S. The first-order chi connectivity index (χ1) is 8.18. The predicted molar refractivity (Wildman–Crippen MR) is 51.9 cm³/mol. The van der Waals surface area contributed by atoms with E-state index < -0.39 is 43.3 Å². The molecule has 0 aliphatic carbocycles. The molecule has 18 heavy (non-hydrogen) atoms. The maximum atomic E-state index is 12.6. The molecule has 96 valence electrons. The lowest BCUT2D eigenvalue weighted by Gasteiger charge is -2.03. The molecule has 0 bridgehead atoms. The number of pyridine rings is 1. The van der Waals surface area contributed by atoms with Crippen LogP contribution < -0.4 is 5.14 Å². The zero-order valence-electron chi connectivity index (χ0n) is 8.37. The van der Waals surface area contributed by atoms with Gasteiger partial charge in [0.25, 0.3) is 21.5 Å². The van der Waals surface area contributed by atoms with Crippen LogP contribution in [0.4, 0.5) is 14.6 Å². The van der Waals surface area contributed by atoms with Crippen molar-refractivity contribution in [2.24, 2.45) is 5.14 Å². The molecule has 0 radical (unpaired) electrons. The minimum absolute atomic E-state index is 0.339. The second kappa shape index (κ2) is 4.59. The zero-order chi connectivity index (χ0) is 14.1. The van der Waals surface area contributed by atoms with E-state index in [-0.39, 0.29) is 0 Å². The molecule has 1 aromatic rings. The van der Waals surface area contributed by atoms with E-state index in [2.05, 4.69) is 10.1 Å². The molecule has 0 amide bonds. The fourth-order valence-corrected chi connectivity index (χ4v) is 1.60. The van der Waals surface area contributed by atoms with Gasteiger partial charge < -0.3 is 10.1 Å². The van der Waals surface area contributed by atoms with E-state index in [0.717, 1.165) is 0 Å². The molecule has 0 fully saturated rings. The highest BCUT2D eigenvalue weighted by Gasteiger charge is 2.30. The zero-order valence-corrected chi connectivity index (χ0v) is 9.19. The van der Waals surface area contributed by atoms with Gasteiger partial charge in [0.05, 0.1) is 0 Å². The molecule has 0 aromatic carbocycles. The third kappa shape index (κ3) is 2.55. The average Bonchev–Trinajstić information content (AvgIpc) is 2.25. The lowest BCUT2D eigenvalue weighted by Crippen LogP contribution is -2.16. The number of alkyl halides is 2. The summed E-state index contributed by atoms with van der Waals surface area (Å²) in [4.78, 5) is 12.3. The Kier molecular flexibility index (Phi) is 3.54. The summed E-state index contributed by atoms with van der Waals surface area (Å²) in [6.45, 7) is 0. The van der Waals surface area contributed by atoms with Crippen molar-refractivity contribution in [1.82, 2.24) is 4.98 Å². The van der Waals surface area contributed by atoms with E-state index in [9.17, 15) is 27.3 Å². The van der Waals surface area contributed by atoms with Crippen molar-refractivity contribution < 1.29 is 22.1 Å². The highest BCUT2D eigenvalue weighted by atomic mass is 32.2. The highest BCUT2D eigenvalue weighted by molar-refractivity contribution is 7.89. The molecule has 0 saturated heterocycles. The summed E-state index contributed by atoms with van der Waals surface area (Å²) < 4.78 is 47.1. The number of nitro groups is 1. The fourth-order valence-electron chi connectivity index (χ4n) is 1.09. The van der Waals surface area contributed by atoms with E-state index in [4.69, 9.17) is 5.26 Å². The minimum Gasteiger partial charge on any atom is -0.358 e. The summed E-state index contributed by atoms with van der Waals surface area (Å²) in [6.07, 6.45) is -3.28. The standard InChI is InChI=1S/C7H4F2N4O4S/c8-6(9)3-1-5(18(11,16)17)12-7(13(14)15)4(3)2-10/h1,6H,(H2,11,16,17). The van der Waals surface area contributed by atoms with Crippen LogP contribution in [0.25, 0.3) is 0 Å². The van der Waals surface area contributed by atoms with Gasteiger partial charge >= 0.3 is 5.82 Å². The summed E-state index contributed by atoms with van der Waals surface area (Å²) in [5.41, 5.74) is -2.11. The van der Waals surface area contributed by atoms with Crippen LogP contribution in [0.5, 0.6) is 0 Å². The molecule has 0 aliphatic heterocycles. The first-order valence-corrected chi connectivity index (χ1v) is 5.63. The van der Waals surface area contributed by atoms with Gasteiger partial charge in [-0.2, -0.15) is 5.26 Å². The van der Waals surface area contributed by atoms with Crippen molar-refractivity contribution in [3.05, 3.63) is 27.3 Å². The Balaban J connectivity index is 3.78. The number of hydrogen-bond donors (Lipinski definition) is 1. The van der Waals surface area contributed by atoms with Crippen LogP contribution in [0.1, 0.15) is 17.6 Å². The van der Waals surface area contributed by atoms with Crippen LogP contribution in [0.3, 0.4) is 0 Å². The molecule has 0 atom stereocenters. The maximum absolute atomic E-state index is 12.6. The van der Waals surface area contributed by atoms with Gasteiger partial charge in [0.1, 0.15) is 6.07 Å². The molecule has 0 aliphatic rings. The molecule has 0 saturated carbocycles. The van der Waals surface area contributed by atoms with Crippen molar-refractivity contribution in [1.29, 1.82) is 5.26 Å². The van der Waals surface area contributed by atoms with Gasteiger partial charge in [-0.05, 0) is 9.91 Å². The third-order valence-corrected chi connectivity index (χ3v) is 2.61. The minimum atomic E-state index is -4.50. The summed E-state index contributed by atoms with van der Waals surface area (Å²) in [5.74, 6) is -1.28. The number of primary sulfonamides is 1. The van der Waals surface area contributed by atoms with Crippen molar-refractivity contribution in [3.8, 4) is 6.07 Å². The van der Waals surface area contributed by atoms with Crippen molar-refractivity contribution in [2.75, 3.05) is 0 Å².